The van der Waals surface area contributed by atoms with Crippen LogP contribution >= 0.6 is 0 Å². The standard InChI is InChI=1S/C26H29NO7/c1-25(2,3)21(30)16-7-11-18(12-8-16)23(27-33-15-20(28)29)34-24(32)19-13-9-17(10-14-19)22(31)26(4,5)6/h7-14H,15H2,1-6H3,(H,28,29)/b27-23+. The number of esters is 1. The summed E-state index contributed by atoms with van der Waals surface area (Å²) >= 11 is 0. The van der Waals surface area contributed by atoms with E-state index in [1.165, 1.54) is 36.4 Å². The summed E-state index contributed by atoms with van der Waals surface area (Å²) in [6, 6.07) is 12.2. The minimum Gasteiger partial charge on any atom is -0.479 e. The van der Waals surface area contributed by atoms with Crippen molar-refractivity contribution in [2.45, 2.75) is 41.5 Å². The molecule has 0 aliphatic rings. The van der Waals surface area contributed by atoms with Gasteiger partial charge in [0, 0.05) is 27.5 Å². The van der Waals surface area contributed by atoms with E-state index in [1.807, 2.05) is 0 Å². The van der Waals surface area contributed by atoms with Gasteiger partial charge in [0.25, 0.3) is 5.90 Å². The Hall–Kier alpha value is -3.81. The molecule has 0 unspecified atom stereocenters. The molecule has 0 saturated carbocycles. The summed E-state index contributed by atoms with van der Waals surface area (Å²) in [5, 5.41) is 12.4. The van der Waals surface area contributed by atoms with E-state index in [0.29, 0.717) is 16.7 Å². The summed E-state index contributed by atoms with van der Waals surface area (Å²) < 4.78 is 5.36. The number of Topliss-reactive ketones (excluding diaryl/α,β-unsaturated/α-hetero) is 2. The fourth-order valence-electron chi connectivity index (χ4n) is 2.81. The second-order valence-electron chi connectivity index (χ2n) is 9.77. The summed E-state index contributed by atoms with van der Waals surface area (Å²) in [6.45, 7) is 10.1. The van der Waals surface area contributed by atoms with Crippen LogP contribution in [0.1, 0.15) is 78.2 Å². The van der Waals surface area contributed by atoms with Gasteiger partial charge in [-0.05, 0) is 29.4 Å². The van der Waals surface area contributed by atoms with Gasteiger partial charge in [-0.1, -0.05) is 65.8 Å². The molecule has 8 heteroatoms. The summed E-state index contributed by atoms with van der Waals surface area (Å²) in [5.74, 6) is -2.43. The highest BCUT2D eigenvalue weighted by Gasteiger charge is 2.24. The van der Waals surface area contributed by atoms with Gasteiger partial charge in [0.2, 0.25) is 6.61 Å². The molecule has 2 rings (SSSR count). The smallest absolute Gasteiger partial charge is 0.344 e. The number of aliphatic carboxylic acids is 1. The maximum absolute atomic E-state index is 12.7. The van der Waals surface area contributed by atoms with Crippen LogP contribution in [0.15, 0.2) is 53.7 Å². The molecule has 0 radical (unpaired) electrons. The van der Waals surface area contributed by atoms with Crippen LogP contribution in [0.3, 0.4) is 0 Å². The van der Waals surface area contributed by atoms with Crippen molar-refractivity contribution in [1.82, 2.24) is 0 Å². The van der Waals surface area contributed by atoms with E-state index in [2.05, 4.69) is 5.16 Å². The SMILES string of the molecule is CC(C)(C)C(=O)c1ccc(C(=O)O/C(=N/OCC(=O)O)c2ccc(C(=O)C(C)(C)C)cc2)cc1. The molecule has 2 aromatic carbocycles. The first-order chi connectivity index (χ1) is 15.7. The first-order valence-electron chi connectivity index (χ1n) is 10.6. The first kappa shape index (κ1) is 26.4. The molecule has 0 aliphatic carbocycles. The monoisotopic (exact) mass is 467 g/mol. The van der Waals surface area contributed by atoms with Crippen molar-refractivity contribution >= 4 is 29.4 Å². The molecule has 1 N–H and O–H groups in total. The quantitative estimate of drug-likeness (QED) is 0.205. The Morgan fingerprint density at radius 3 is 1.47 bits per heavy atom. The summed E-state index contributed by atoms with van der Waals surface area (Å²) in [6.07, 6.45) is 0. The topological polar surface area (TPSA) is 119 Å². The molecule has 0 aliphatic heterocycles. The van der Waals surface area contributed by atoms with Crippen LogP contribution in [-0.2, 0) is 14.4 Å². The molecule has 0 heterocycles. The number of carbonyl (C=O) groups excluding carboxylic acids is 3. The average molecular weight is 468 g/mol. The number of hydrogen-bond donors (Lipinski definition) is 1. The minimum absolute atomic E-state index is 0.0679. The molecule has 2 aromatic rings. The van der Waals surface area contributed by atoms with Crippen molar-refractivity contribution in [3.63, 3.8) is 0 Å². The second kappa shape index (κ2) is 10.4. The highest BCUT2D eigenvalue weighted by atomic mass is 16.7. The van der Waals surface area contributed by atoms with E-state index < -0.39 is 29.4 Å². The number of ketones is 2. The summed E-state index contributed by atoms with van der Waals surface area (Å²) in [5.41, 5.74) is 0.258. The van der Waals surface area contributed by atoms with E-state index in [1.54, 1.807) is 53.7 Å². The van der Waals surface area contributed by atoms with E-state index in [9.17, 15) is 19.2 Å². The maximum atomic E-state index is 12.7. The number of benzene rings is 2. The zero-order chi connectivity index (χ0) is 25.7. The van der Waals surface area contributed by atoms with E-state index in [-0.39, 0.29) is 23.0 Å². The number of ether oxygens (including phenoxy) is 1. The molecule has 0 saturated heterocycles. The lowest BCUT2D eigenvalue weighted by atomic mass is 9.86. The molecule has 0 atom stereocenters. The first-order valence-corrected chi connectivity index (χ1v) is 10.6. The number of carbonyl (C=O) groups is 4. The zero-order valence-electron chi connectivity index (χ0n) is 20.2. The number of carboxylic acid groups (broad SMARTS) is 1. The molecular weight excluding hydrogens is 438 g/mol. The molecule has 0 amide bonds. The van der Waals surface area contributed by atoms with Crippen molar-refractivity contribution in [2.24, 2.45) is 16.0 Å². The summed E-state index contributed by atoms with van der Waals surface area (Å²) in [4.78, 5) is 53.1. The van der Waals surface area contributed by atoms with Gasteiger partial charge in [0.05, 0.1) is 5.56 Å². The number of hydrogen-bond acceptors (Lipinski definition) is 7. The number of rotatable bonds is 7. The average Bonchev–Trinajstić information content (AvgIpc) is 2.76. The van der Waals surface area contributed by atoms with Crippen LogP contribution in [0.5, 0.6) is 0 Å². The molecule has 0 bridgehead atoms. The predicted octanol–water partition coefficient (Wildman–Crippen LogP) is 4.76. The van der Waals surface area contributed by atoms with Crippen molar-refractivity contribution in [3.8, 4) is 0 Å². The molecule has 0 fully saturated rings. The van der Waals surface area contributed by atoms with E-state index >= 15 is 0 Å². The number of oxime groups is 1. The van der Waals surface area contributed by atoms with Crippen LogP contribution in [0.25, 0.3) is 0 Å². The van der Waals surface area contributed by atoms with Crippen LogP contribution in [0.2, 0.25) is 0 Å². The van der Waals surface area contributed by atoms with Gasteiger partial charge in [-0.15, -0.1) is 0 Å². The highest BCUT2D eigenvalue weighted by Crippen LogP contribution is 2.22. The highest BCUT2D eigenvalue weighted by molar-refractivity contribution is 6.06. The third-order valence-electron chi connectivity index (χ3n) is 4.66. The Labute approximate surface area is 198 Å². The van der Waals surface area contributed by atoms with Crippen LogP contribution in [0, 0.1) is 10.8 Å². The van der Waals surface area contributed by atoms with Gasteiger partial charge in [-0.3, -0.25) is 9.59 Å². The Morgan fingerprint density at radius 1 is 0.706 bits per heavy atom. The van der Waals surface area contributed by atoms with Gasteiger partial charge in [-0.25, -0.2) is 9.59 Å². The van der Waals surface area contributed by atoms with Gasteiger partial charge in [0.15, 0.2) is 11.6 Å². The zero-order valence-corrected chi connectivity index (χ0v) is 20.2. The number of carboxylic acids is 1. The van der Waals surface area contributed by atoms with Crippen LogP contribution in [-0.4, -0.2) is 41.1 Å². The summed E-state index contributed by atoms with van der Waals surface area (Å²) in [7, 11) is 0. The molecule has 0 aromatic heterocycles. The van der Waals surface area contributed by atoms with Gasteiger partial charge in [-0.2, -0.15) is 0 Å². The van der Waals surface area contributed by atoms with Gasteiger partial charge < -0.3 is 14.7 Å². The number of nitrogens with zero attached hydrogens (tertiary/aromatic N) is 1. The fraction of sp³-hybridized carbons (Fsp3) is 0.346. The van der Waals surface area contributed by atoms with E-state index in [0.717, 1.165) is 0 Å². The Balaban J connectivity index is 2.28. The Bertz CT molecular complexity index is 1100. The molecule has 34 heavy (non-hydrogen) atoms. The van der Waals surface area contributed by atoms with Crippen molar-refractivity contribution in [2.75, 3.05) is 6.61 Å². The fourth-order valence-corrected chi connectivity index (χ4v) is 2.81. The third kappa shape index (κ3) is 7.10. The van der Waals surface area contributed by atoms with Crippen molar-refractivity contribution < 1.29 is 33.9 Å². The van der Waals surface area contributed by atoms with Crippen molar-refractivity contribution in [1.29, 1.82) is 0 Å². The van der Waals surface area contributed by atoms with Crippen LogP contribution < -0.4 is 0 Å². The lowest BCUT2D eigenvalue weighted by Crippen LogP contribution is -2.21. The Kier molecular flexibility index (Phi) is 8.10. The minimum atomic E-state index is -1.25. The Morgan fingerprint density at radius 2 is 1.09 bits per heavy atom. The van der Waals surface area contributed by atoms with Gasteiger partial charge in [0.1, 0.15) is 0 Å². The van der Waals surface area contributed by atoms with Crippen molar-refractivity contribution in [3.05, 3.63) is 70.8 Å². The van der Waals surface area contributed by atoms with E-state index in [4.69, 9.17) is 14.7 Å². The predicted molar refractivity (Wildman–Crippen MR) is 126 cm³/mol. The third-order valence-corrected chi connectivity index (χ3v) is 4.66. The largest absolute Gasteiger partial charge is 0.479 e. The molecular formula is C26H29NO7. The van der Waals surface area contributed by atoms with Crippen LogP contribution in [0.4, 0.5) is 0 Å². The lowest BCUT2D eigenvalue weighted by molar-refractivity contribution is -0.142. The maximum Gasteiger partial charge on any atom is 0.344 e. The second-order valence-corrected chi connectivity index (χ2v) is 9.77. The lowest BCUT2D eigenvalue weighted by Gasteiger charge is -2.17. The molecule has 0 spiro atoms. The molecule has 8 nitrogen and oxygen atoms in total. The molecule has 180 valence electrons. The normalized spacial score (nSPS) is 12.1. The van der Waals surface area contributed by atoms with Gasteiger partial charge >= 0.3 is 11.9 Å².